The van der Waals surface area contributed by atoms with E-state index < -0.39 is 21.6 Å². The highest BCUT2D eigenvalue weighted by molar-refractivity contribution is 7.89. The monoisotopic (exact) mass is 316 g/mol. The maximum absolute atomic E-state index is 13.4. The lowest BCUT2D eigenvalue weighted by atomic mass is 10.1. The standard InChI is InChI=1S/C13H17FN2O4S/c14-10-7-11(15)9-12(8-10)21(17,18)16-3-1-13(2-4-16)19-5-6-20-13/h7-9H,1-6,15H2. The van der Waals surface area contributed by atoms with Crippen molar-refractivity contribution in [2.75, 3.05) is 32.0 Å². The fourth-order valence-electron chi connectivity index (χ4n) is 2.74. The molecule has 3 rings (SSSR count). The maximum atomic E-state index is 13.4. The van der Waals surface area contributed by atoms with Gasteiger partial charge in [0.2, 0.25) is 10.0 Å². The van der Waals surface area contributed by atoms with Gasteiger partial charge in [-0.3, -0.25) is 0 Å². The third kappa shape index (κ3) is 2.76. The van der Waals surface area contributed by atoms with Crippen LogP contribution in [0.25, 0.3) is 0 Å². The van der Waals surface area contributed by atoms with Crippen LogP contribution in [0.2, 0.25) is 0 Å². The predicted octanol–water partition coefficient (Wildman–Crippen LogP) is 0.935. The first-order chi connectivity index (χ1) is 9.91. The van der Waals surface area contributed by atoms with Crippen molar-refractivity contribution >= 4 is 15.7 Å². The number of anilines is 1. The van der Waals surface area contributed by atoms with E-state index in [1.165, 1.54) is 10.4 Å². The summed E-state index contributed by atoms with van der Waals surface area (Å²) in [4.78, 5) is -0.121. The largest absolute Gasteiger partial charge is 0.399 e. The SMILES string of the molecule is Nc1cc(F)cc(S(=O)(=O)N2CCC3(CC2)OCCO3)c1. The van der Waals surface area contributed by atoms with Gasteiger partial charge in [-0.05, 0) is 18.2 Å². The molecule has 1 spiro atoms. The lowest BCUT2D eigenvalue weighted by Crippen LogP contribution is -2.47. The minimum atomic E-state index is -3.75. The van der Waals surface area contributed by atoms with Gasteiger partial charge < -0.3 is 15.2 Å². The Labute approximate surface area is 122 Å². The number of hydrogen-bond donors (Lipinski definition) is 1. The average Bonchev–Trinajstić information content (AvgIpc) is 2.86. The summed E-state index contributed by atoms with van der Waals surface area (Å²) in [6, 6.07) is 3.34. The molecule has 116 valence electrons. The average molecular weight is 316 g/mol. The molecule has 0 unspecified atom stereocenters. The van der Waals surface area contributed by atoms with Crippen LogP contribution in [0.3, 0.4) is 0 Å². The first-order valence-electron chi connectivity index (χ1n) is 6.75. The van der Waals surface area contributed by atoms with Crippen molar-refractivity contribution in [3.8, 4) is 0 Å². The summed E-state index contributed by atoms with van der Waals surface area (Å²) >= 11 is 0. The third-order valence-electron chi connectivity index (χ3n) is 3.83. The normalized spacial score (nSPS) is 22.7. The van der Waals surface area contributed by atoms with E-state index in [4.69, 9.17) is 15.2 Å². The molecule has 1 aromatic carbocycles. The van der Waals surface area contributed by atoms with Crippen LogP contribution in [-0.2, 0) is 19.5 Å². The van der Waals surface area contributed by atoms with Gasteiger partial charge in [0.15, 0.2) is 5.79 Å². The fraction of sp³-hybridized carbons (Fsp3) is 0.538. The molecular weight excluding hydrogens is 299 g/mol. The van der Waals surface area contributed by atoms with Crippen molar-refractivity contribution in [3.63, 3.8) is 0 Å². The van der Waals surface area contributed by atoms with Gasteiger partial charge in [0.05, 0.1) is 18.1 Å². The van der Waals surface area contributed by atoms with Crippen LogP contribution in [0.15, 0.2) is 23.1 Å². The summed E-state index contributed by atoms with van der Waals surface area (Å²) in [5.74, 6) is -1.31. The van der Waals surface area contributed by atoms with Crippen molar-refractivity contribution in [2.24, 2.45) is 0 Å². The van der Waals surface area contributed by atoms with E-state index in [0.717, 1.165) is 12.1 Å². The molecule has 0 amide bonds. The van der Waals surface area contributed by atoms with Gasteiger partial charge >= 0.3 is 0 Å². The van der Waals surface area contributed by atoms with Crippen molar-refractivity contribution in [2.45, 2.75) is 23.5 Å². The molecule has 0 aromatic heterocycles. The Kier molecular flexibility index (Phi) is 3.64. The molecule has 0 bridgehead atoms. The Morgan fingerprint density at radius 1 is 1.14 bits per heavy atom. The molecule has 2 saturated heterocycles. The van der Waals surface area contributed by atoms with E-state index in [1.807, 2.05) is 0 Å². The quantitative estimate of drug-likeness (QED) is 0.821. The van der Waals surface area contributed by atoms with Crippen LogP contribution in [-0.4, -0.2) is 44.8 Å². The summed E-state index contributed by atoms with van der Waals surface area (Å²) in [5.41, 5.74) is 5.60. The van der Waals surface area contributed by atoms with Crippen molar-refractivity contribution < 1.29 is 22.3 Å². The minimum absolute atomic E-state index is 0.0875. The Hall–Kier alpha value is -1.22. The molecule has 2 fully saturated rings. The number of benzene rings is 1. The number of rotatable bonds is 2. The Bertz CT molecular complexity index is 613. The van der Waals surface area contributed by atoms with E-state index >= 15 is 0 Å². The molecule has 0 atom stereocenters. The van der Waals surface area contributed by atoms with Crippen molar-refractivity contribution in [1.29, 1.82) is 0 Å². The van der Waals surface area contributed by atoms with Crippen LogP contribution < -0.4 is 5.73 Å². The predicted molar refractivity (Wildman–Crippen MR) is 73.4 cm³/mol. The third-order valence-corrected chi connectivity index (χ3v) is 5.71. The summed E-state index contributed by atoms with van der Waals surface area (Å²) in [6.07, 6.45) is 0.939. The topological polar surface area (TPSA) is 81.9 Å². The Balaban J connectivity index is 1.80. The molecule has 2 heterocycles. The second kappa shape index (κ2) is 5.20. The van der Waals surface area contributed by atoms with Gasteiger partial charge in [0.1, 0.15) is 5.82 Å². The zero-order chi connectivity index (χ0) is 15.1. The maximum Gasteiger partial charge on any atom is 0.243 e. The minimum Gasteiger partial charge on any atom is -0.399 e. The number of sulfonamides is 1. The molecule has 2 N–H and O–H groups in total. The highest BCUT2D eigenvalue weighted by atomic mass is 32.2. The molecular formula is C13H17FN2O4S. The lowest BCUT2D eigenvalue weighted by molar-refractivity contribution is -0.179. The van der Waals surface area contributed by atoms with E-state index in [2.05, 4.69) is 0 Å². The summed E-state index contributed by atoms with van der Waals surface area (Å²) in [5, 5.41) is 0. The van der Waals surface area contributed by atoms with Crippen LogP contribution in [0, 0.1) is 5.82 Å². The first-order valence-corrected chi connectivity index (χ1v) is 8.19. The highest BCUT2D eigenvalue weighted by Gasteiger charge is 2.42. The van der Waals surface area contributed by atoms with Crippen LogP contribution in [0.5, 0.6) is 0 Å². The number of hydrogen-bond acceptors (Lipinski definition) is 5. The van der Waals surface area contributed by atoms with Gasteiger partial charge in [-0.15, -0.1) is 0 Å². The smallest absolute Gasteiger partial charge is 0.243 e. The zero-order valence-corrected chi connectivity index (χ0v) is 12.2. The molecule has 8 heteroatoms. The number of nitrogens with two attached hydrogens (primary N) is 1. The Morgan fingerprint density at radius 3 is 2.33 bits per heavy atom. The zero-order valence-electron chi connectivity index (χ0n) is 11.4. The van der Waals surface area contributed by atoms with Gasteiger partial charge in [-0.2, -0.15) is 4.31 Å². The molecule has 0 saturated carbocycles. The van der Waals surface area contributed by atoms with Gasteiger partial charge in [0.25, 0.3) is 0 Å². The van der Waals surface area contributed by atoms with Crippen LogP contribution in [0.4, 0.5) is 10.1 Å². The summed E-state index contributed by atoms with van der Waals surface area (Å²) in [6.45, 7) is 1.62. The van der Waals surface area contributed by atoms with E-state index in [-0.39, 0.29) is 23.7 Å². The fourth-order valence-corrected chi connectivity index (χ4v) is 4.24. The molecule has 2 aliphatic heterocycles. The summed E-state index contributed by atoms with van der Waals surface area (Å²) in [7, 11) is -3.75. The molecule has 2 aliphatic rings. The van der Waals surface area contributed by atoms with Crippen molar-refractivity contribution in [1.82, 2.24) is 4.31 Å². The number of nitrogens with zero attached hydrogens (tertiary/aromatic N) is 1. The molecule has 1 aromatic rings. The van der Waals surface area contributed by atoms with Gasteiger partial charge in [0, 0.05) is 31.6 Å². The number of piperidine rings is 1. The Morgan fingerprint density at radius 2 is 1.76 bits per heavy atom. The van der Waals surface area contributed by atoms with Crippen LogP contribution in [0.1, 0.15) is 12.8 Å². The van der Waals surface area contributed by atoms with Crippen LogP contribution >= 0.6 is 0 Å². The van der Waals surface area contributed by atoms with Crippen molar-refractivity contribution in [3.05, 3.63) is 24.0 Å². The number of ether oxygens (including phenoxy) is 2. The summed E-state index contributed by atoms with van der Waals surface area (Å²) < 4.78 is 50.8. The highest BCUT2D eigenvalue weighted by Crippen LogP contribution is 2.33. The molecule has 6 nitrogen and oxygen atoms in total. The first kappa shape index (κ1) is 14.7. The molecule has 0 radical (unpaired) electrons. The molecule has 0 aliphatic carbocycles. The lowest BCUT2D eigenvalue weighted by Gasteiger charge is -2.36. The van der Waals surface area contributed by atoms with E-state index in [9.17, 15) is 12.8 Å². The number of halogens is 1. The second-order valence-electron chi connectivity index (χ2n) is 5.23. The van der Waals surface area contributed by atoms with E-state index in [0.29, 0.717) is 26.1 Å². The van der Waals surface area contributed by atoms with Gasteiger partial charge in [-0.1, -0.05) is 0 Å². The number of nitrogen functional groups attached to an aromatic ring is 1. The molecule has 21 heavy (non-hydrogen) atoms. The van der Waals surface area contributed by atoms with E-state index in [1.54, 1.807) is 0 Å². The second-order valence-corrected chi connectivity index (χ2v) is 7.17. The van der Waals surface area contributed by atoms with Gasteiger partial charge in [-0.25, -0.2) is 12.8 Å².